The molecule has 0 amide bonds. The van der Waals surface area contributed by atoms with E-state index in [2.05, 4.69) is 21.6 Å². The third kappa shape index (κ3) is 8.27. The summed E-state index contributed by atoms with van der Waals surface area (Å²) in [6.45, 7) is -0.402. The van der Waals surface area contributed by atoms with Crippen LogP contribution in [0.25, 0.3) is 0 Å². The van der Waals surface area contributed by atoms with Crippen molar-refractivity contribution in [2.45, 2.75) is 13.0 Å². The van der Waals surface area contributed by atoms with E-state index in [9.17, 15) is 21.6 Å². The van der Waals surface area contributed by atoms with E-state index in [1.54, 1.807) is 18.2 Å². The lowest BCUT2D eigenvalue weighted by Crippen LogP contribution is -2.09. The maximum absolute atomic E-state index is 11.9. The number of hydrogen-bond acceptors (Lipinski definition) is 9. The molecule has 2 rings (SSSR count). The van der Waals surface area contributed by atoms with Crippen LogP contribution in [0.2, 0.25) is 0 Å². The van der Waals surface area contributed by atoms with Crippen molar-refractivity contribution in [3.05, 3.63) is 58.4 Å². The average molecular weight is 484 g/mol. The van der Waals surface area contributed by atoms with Gasteiger partial charge in [0.15, 0.2) is 0 Å². The highest BCUT2D eigenvalue weighted by atomic mass is 32.2. The molecule has 0 aliphatic carbocycles. The summed E-state index contributed by atoms with van der Waals surface area (Å²) in [5.41, 5.74) is 1.37. The van der Waals surface area contributed by atoms with Gasteiger partial charge in [-0.25, -0.2) is 9.78 Å². The maximum Gasteiger partial charge on any atom is 0.356 e. The van der Waals surface area contributed by atoms with Gasteiger partial charge in [-0.05, 0) is 42.3 Å². The van der Waals surface area contributed by atoms with Crippen molar-refractivity contribution in [2.75, 3.05) is 26.2 Å². The van der Waals surface area contributed by atoms with E-state index in [-0.39, 0.29) is 17.8 Å². The second kappa shape index (κ2) is 10.6. The number of esters is 1. The van der Waals surface area contributed by atoms with Gasteiger partial charge >= 0.3 is 5.97 Å². The van der Waals surface area contributed by atoms with Gasteiger partial charge in [0.05, 0.1) is 31.9 Å². The lowest BCUT2D eigenvalue weighted by Gasteiger charge is -2.07. The van der Waals surface area contributed by atoms with Crippen LogP contribution in [0.5, 0.6) is 5.75 Å². The van der Waals surface area contributed by atoms with Gasteiger partial charge in [0.25, 0.3) is 20.2 Å². The smallest absolute Gasteiger partial charge is 0.356 e. The van der Waals surface area contributed by atoms with Crippen molar-refractivity contribution in [3.63, 3.8) is 0 Å². The monoisotopic (exact) mass is 483 g/mol. The standard InChI is InChI=1S/C20H21NO9S2/c1-28-18-7-6-15(16(12-18)8-9-32(25,26)27)5-4-14-10-17(13-30-31(3,23)24)21-19(11-14)20(22)29-2/h6-7,10-12H,8-9,13H2,1-3H3,(H,25,26,27). The minimum atomic E-state index is -4.18. The number of aryl methyl sites for hydroxylation is 1. The summed E-state index contributed by atoms with van der Waals surface area (Å²) in [6.07, 6.45) is 0.882. The number of benzene rings is 1. The molecule has 32 heavy (non-hydrogen) atoms. The zero-order chi connectivity index (χ0) is 23.9. The Balaban J connectivity index is 2.46. The minimum absolute atomic E-state index is 0.00273. The van der Waals surface area contributed by atoms with E-state index in [0.717, 1.165) is 6.26 Å². The van der Waals surface area contributed by atoms with Gasteiger partial charge in [0.2, 0.25) is 0 Å². The van der Waals surface area contributed by atoms with Crippen molar-refractivity contribution >= 4 is 26.2 Å². The molecule has 0 saturated carbocycles. The first-order valence-electron chi connectivity index (χ1n) is 8.98. The summed E-state index contributed by atoms with van der Waals surface area (Å²) in [7, 11) is -5.28. The molecule has 0 unspecified atom stereocenters. The molecule has 0 aliphatic heterocycles. The summed E-state index contributed by atoms with van der Waals surface area (Å²) in [5.74, 6) is 4.96. The quantitative estimate of drug-likeness (QED) is 0.251. The fourth-order valence-corrected chi connectivity index (χ4v) is 3.33. The van der Waals surface area contributed by atoms with Crippen molar-refractivity contribution < 1.29 is 39.8 Å². The molecule has 1 aromatic carbocycles. The first-order chi connectivity index (χ1) is 14.9. The molecule has 0 spiro atoms. The van der Waals surface area contributed by atoms with E-state index in [4.69, 9.17) is 13.5 Å². The van der Waals surface area contributed by atoms with Crippen LogP contribution in [0, 0.1) is 11.8 Å². The van der Waals surface area contributed by atoms with E-state index >= 15 is 0 Å². The Hall–Kier alpha value is -2.98. The highest BCUT2D eigenvalue weighted by Crippen LogP contribution is 2.19. The van der Waals surface area contributed by atoms with Crippen LogP contribution < -0.4 is 4.74 Å². The maximum atomic E-state index is 11.9. The molecule has 1 N–H and O–H groups in total. The van der Waals surface area contributed by atoms with Crippen LogP contribution in [-0.4, -0.2) is 58.6 Å². The summed E-state index contributed by atoms with van der Waals surface area (Å²) in [4.78, 5) is 15.9. The third-order valence-electron chi connectivity index (χ3n) is 3.98. The molecule has 10 nitrogen and oxygen atoms in total. The van der Waals surface area contributed by atoms with Crippen LogP contribution >= 0.6 is 0 Å². The van der Waals surface area contributed by atoms with Gasteiger partial charge < -0.3 is 9.47 Å². The Kier molecular flexibility index (Phi) is 8.34. The highest BCUT2D eigenvalue weighted by molar-refractivity contribution is 7.86. The van der Waals surface area contributed by atoms with Crippen LogP contribution in [0.3, 0.4) is 0 Å². The fraction of sp³-hybridized carbons (Fsp3) is 0.300. The van der Waals surface area contributed by atoms with Crippen LogP contribution in [0.1, 0.15) is 32.9 Å². The molecule has 0 atom stereocenters. The Labute approximate surface area is 186 Å². The molecular formula is C20H21NO9S2. The minimum Gasteiger partial charge on any atom is -0.497 e. The summed E-state index contributed by atoms with van der Waals surface area (Å²) in [6, 6.07) is 7.68. The Morgan fingerprint density at radius 1 is 1.09 bits per heavy atom. The van der Waals surface area contributed by atoms with Gasteiger partial charge in [0.1, 0.15) is 18.1 Å². The van der Waals surface area contributed by atoms with Crippen LogP contribution in [0.15, 0.2) is 30.3 Å². The molecule has 172 valence electrons. The van der Waals surface area contributed by atoms with E-state index in [1.165, 1.54) is 26.4 Å². The SMILES string of the molecule is COC(=O)c1cc(C#Cc2ccc(OC)cc2CCS(=O)(=O)O)cc(COS(C)(=O)=O)n1. The van der Waals surface area contributed by atoms with Crippen LogP contribution in [0.4, 0.5) is 0 Å². The normalized spacial score (nSPS) is 11.4. The molecule has 12 heteroatoms. The van der Waals surface area contributed by atoms with E-state index in [0.29, 0.717) is 22.4 Å². The molecule has 1 heterocycles. The Morgan fingerprint density at radius 3 is 2.41 bits per heavy atom. The number of carbonyl (C=O) groups is 1. The largest absolute Gasteiger partial charge is 0.497 e. The predicted octanol–water partition coefficient (Wildman–Crippen LogP) is 1.18. The summed E-state index contributed by atoms with van der Waals surface area (Å²) < 4.78 is 68.4. The molecular weight excluding hydrogens is 462 g/mol. The van der Waals surface area contributed by atoms with E-state index in [1.807, 2.05) is 0 Å². The topological polar surface area (TPSA) is 146 Å². The Morgan fingerprint density at radius 2 is 1.81 bits per heavy atom. The van der Waals surface area contributed by atoms with Crippen molar-refractivity contribution in [2.24, 2.45) is 0 Å². The highest BCUT2D eigenvalue weighted by Gasteiger charge is 2.13. The zero-order valence-electron chi connectivity index (χ0n) is 17.5. The molecule has 0 aliphatic rings. The molecule has 0 saturated heterocycles. The number of ether oxygens (including phenoxy) is 2. The van der Waals surface area contributed by atoms with Gasteiger partial charge in [-0.15, -0.1) is 0 Å². The van der Waals surface area contributed by atoms with Gasteiger partial charge in [-0.3, -0.25) is 8.74 Å². The predicted molar refractivity (Wildman–Crippen MR) is 114 cm³/mol. The molecule has 2 aromatic rings. The zero-order valence-corrected chi connectivity index (χ0v) is 19.1. The van der Waals surface area contributed by atoms with Gasteiger partial charge in [-0.1, -0.05) is 11.8 Å². The molecule has 0 bridgehead atoms. The number of nitrogens with zero attached hydrogens (tertiary/aromatic N) is 1. The average Bonchev–Trinajstić information content (AvgIpc) is 2.73. The summed E-state index contributed by atoms with van der Waals surface area (Å²) >= 11 is 0. The Bertz CT molecular complexity index is 1270. The van der Waals surface area contributed by atoms with Crippen molar-refractivity contribution in [1.82, 2.24) is 4.98 Å². The number of hydrogen-bond donors (Lipinski definition) is 1. The number of aromatic nitrogens is 1. The summed E-state index contributed by atoms with van der Waals surface area (Å²) in [5, 5.41) is 0. The van der Waals surface area contributed by atoms with Gasteiger partial charge in [0, 0.05) is 11.1 Å². The van der Waals surface area contributed by atoms with E-state index < -0.39 is 38.6 Å². The first-order valence-corrected chi connectivity index (χ1v) is 12.4. The van der Waals surface area contributed by atoms with Gasteiger partial charge in [-0.2, -0.15) is 16.8 Å². The second-order valence-electron chi connectivity index (χ2n) is 6.50. The number of rotatable bonds is 8. The van der Waals surface area contributed by atoms with Crippen molar-refractivity contribution in [3.8, 4) is 17.6 Å². The second-order valence-corrected chi connectivity index (χ2v) is 9.72. The number of carbonyl (C=O) groups excluding carboxylic acids is 1. The third-order valence-corrected chi connectivity index (χ3v) is 5.24. The first kappa shape index (κ1) is 25.3. The molecule has 0 fully saturated rings. The number of pyridine rings is 1. The van der Waals surface area contributed by atoms with Crippen LogP contribution in [-0.2, 0) is 42.2 Å². The molecule has 0 radical (unpaired) electrons. The van der Waals surface area contributed by atoms with Crippen molar-refractivity contribution in [1.29, 1.82) is 0 Å². The fourth-order valence-electron chi connectivity index (χ4n) is 2.51. The lowest BCUT2D eigenvalue weighted by atomic mass is 10.0. The lowest BCUT2D eigenvalue weighted by molar-refractivity contribution is 0.0593. The number of methoxy groups -OCH3 is 2. The molecule has 1 aromatic heterocycles.